The van der Waals surface area contributed by atoms with Crippen LogP contribution in [0.1, 0.15) is 207 Å². The Morgan fingerprint density at radius 1 is 0.398 bits per heavy atom. The third kappa shape index (κ3) is 41.1. The van der Waals surface area contributed by atoms with E-state index in [1.54, 1.807) is 13.8 Å². The van der Waals surface area contributed by atoms with Crippen LogP contribution in [0.4, 0.5) is 0 Å². The summed E-state index contributed by atoms with van der Waals surface area (Å²) >= 11 is 0. The summed E-state index contributed by atoms with van der Waals surface area (Å²) in [7, 11) is -3.37. The highest BCUT2D eigenvalue weighted by Crippen LogP contribution is 2.42. The van der Waals surface area contributed by atoms with Crippen LogP contribution in [0.25, 0.3) is 0 Å². The molecule has 21 N–H and O–H groups in total. The van der Waals surface area contributed by atoms with E-state index in [4.69, 9.17) is 47.2 Å². The van der Waals surface area contributed by atoms with E-state index in [-0.39, 0.29) is 167 Å². The van der Waals surface area contributed by atoms with Gasteiger partial charge >= 0.3 is 13.8 Å². The quantitative estimate of drug-likeness (QED) is 0.0160. The Hall–Kier alpha value is -5.63. The fourth-order valence-electron chi connectivity index (χ4n) is 14.1. The third-order valence-corrected chi connectivity index (χ3v) is 22.6. The highest BCUT2D eigenvalue weighted by Gasteiger charge is 2.48. The van der Waals surface area contributed by atoms with Crippen LogP contribution in [0, 0.1) is 11.8 Å². The lowest BCUT2D eigenvalue weighted by Gasteiger charge is -2.42. The van der Waals surface area contributed by atoms with Gasteiger partial charge in [0.2, 0.25) is 41.4 Å². The van der Waals surface area contributed by atoms with Gasteiger partial charge in [-0.2, -0.15) is 0 Å². The Labute approximate surface area is 717 Å². The minimum Gasteiger partial charge on any atom is -0.463 e. The first-order chi connectivity index (χ1) is 58.6. The molecule has 0 aliphatic carbocycles. The molecule has 0 aromatic rings. The summed E-state index contributed by atoms with van der Waals surface area (Å²) in [5, 5.41) is 152. The molecule has 25 atom stereocenters. The topological polar surface area (TPSA) is 657 Å². The molecule has 4 aliphatic rings. The van der Waals surface area contributed by atoms with E-state index in [0.717, 1.165) is 14.0 Å². The number of phosphoric acid groups is 1. The lowest BCUT2D eigenvalue weighted by atomic mass is 9.92. The summed E-state index contributed by atoms with van der Waals surface area (Å²) in [4.78, 5) is 142. The van der Waals surface area contributed by atoms with E-state index >= 15 is 0 Å². The van der Waals surface area contributed by atoms with Gasteiger partial charge in [0, 0.05) is 117 Å². The average molecular weight is 1790 g/mol. The zero-order valence-corrected chi connectivity index (χ0v) is 72.2. The number of hydrogen-bond donors (Lipinski definition) is 21. The summed E-state index contributed by atoms with van der Waals surface area (Å²) in [5.74, 6) is -6.11. The number of carbonyl (C=O) groups excluding carboxylic acids is 10. The molecule has 4 rings (SSSR count). The lowest BCUT2D eigenvalue weighted by Crippen LogP contribution is -2.64. The summed E-state index contributed by atoms with van der Waals surface area (Å²) in [6.07, 6.45) is -16.6. The van der Waals surface area contributed by atoms with Gasteiger partial charge in [-0.1, -0.05) is 26.7 Å². The first-order valence-corrected chi connectivity index (χ1v) is 44.4. The number of unbranched alkanes of at least 4 members (excludes halogenated alkanes) is 9. The van der Waals surface area contributed by atoms with Crippen molar-refractivity contribution < 1.29 is 175 Å². The van der Waals surface area contributed by atoms with Gasteiger partial charge in [0.25, 0.3) is 0 Å². The molecule has 4 aliphatic heterocycles. The number of phosphoric ester groups is 1. The van der Waals surface area contributed by atoms with E-state index in [9.17, 15) is 124 Å². The largest absolute Gasteiger partial charge is 0.471 e. The molecule has 4 saturated heterocycles. The van der Waals surface area contributed by atoms with Gasteiger partial charge in [-0.15, -0.1) is 0 Å². The molecule has 4 fully saturated rings. The van der Waals surface area contributed by atoms with Crippen LogP contribution in [0.5, 0.6) is 0 Å². The number of ether oxygens (including phenoxy) is 9. The molecule has 0 spiro atoms. The van der Waals surface area contributed by atoms with Crippen molar-refractivity contribution in [3.05, 3.63) is 0 Å². The maximum Gasteiger partial charge on any atom is 0.471 e. The Morgan fingerprint density at radius 3 is 1.32 bits per heavy atom. The second-order valence-electron chi connectivity index (χ2n) is 31.7. The standard InChI is InChI=1S/C79H140N7O36P/c1-46-65(99)67(101)56(42-88)119-76(46)113-36-21-15-31-62(97)84-53(26-8-6-7-23-51(93)24-13-19-38-115-78-64(82-48(3)91)71(105)69(103)58(44-90)121-78)74(108)81-35-18-11-25-52(55(94)28-9-10-30-61(96)83-50(41-87)33-40-118-123(110,111)112-5)86-75(109)54(85-63(98)32-16-22-37-114-77-47(2)66(100)68(102)57(43-89)120-77)27-12-17-34-80-60(95)29-14-20-39-116-79-73(107)72(106)70(104)59(122-79)45-117-49(4)92/h46-47,50,52-54,56-59,64-73,76-79,87-90,99-107H,6-45H2,1-5H3,(H,80,95)(H,81,108)(H,82,91)(H,83,96)(H,84,97)(H,85,98)(H,86,109)(H,110,111)/t46-,47-,50+,52+,53+,54+,56-,57-,58-,59-,64-,65-,66-,67+,68+,69+,70+,71-,72+,73-,76-,77-,78-,79-/m1/s1. The van der Waals surface area contributed by atoms with Crippen molar-refractivity contribution in [2.24, 2.45) is 11.8 Å². The third-order valence-electron chi connectivity index (χ3n) is 21.6. The minimum absolute atomic E-state index is 0.00891. The summed E-state index contributed by atoms with van der Waals surface area (Å²) in [6.45, 7) is 2.88. The number of rotatable bonds is 64. The molecule has 43 nitrogen and oxygen atoms in total. The maximum absolute atomic E-state index is 14.6. The Kier molecular flexibility index (Phi) is 53.7. The number of hydrogen-bond acceptors (Lipinski definition) is 35. The SMILES string of the molecule is COP(=O)(O)OCC[C@@H](CO)NC(=O)CCCCC(=O)[C@H](CCCCNC(=O)[C@H](CCCCCC(=O)CCCCO[C@@H]1O[C@H](CO)[C@H](O)[C@H](O)[C@H]1NC(C)=O)NC(=O)CCCCO[C@@H]1O[C@H](CO)[C@H](O)[C@H](O)[C@H]1C)NC(=O)[C@H](CCCCNC(=O)CCCCO[C@@H]1O[C@H](COC(C)=O)[C@H](O)[C@H](O)[C@H]1O)NC(=O)CCCCO[C@@H]1O[C@H](CO)[C@H](O)[C@H](O)[C@H]1C. The summed E-state index contributed by atoms with van der Waals surface area (Å²) < 4.78 is 71.3. The molecule has 123 heavy (non-hydrogen) atoms. The average Bonchev–Trinajstić information content (AvgIpc) is 0.826. The van der Waals surface area contributed by atoms with Crippen molar-refractivity contribution in [2.75, 3.05) is 86.3 Å². The van der Waals surface area contributed by atoms with E-state index in [2.05, 4.69) is 41.7 Å². The van der Waals surface area contributed by atoms with Gasteiger partial charge in [0.1, 0.15) is 97.7 Å². The molecule has 4 heterocycles. The molecule has 0 saturated carbocycles. The smallest absolute Gasteiger partial charge is 0.463 e. The maximum atomic E-state index is 14.6. The Morgan fingerprint density at radius 2 is 0.813 bits per heavy atom. The monoisotopic (exact) mass is 1790 g/mol. The van der Waals surface area contributed by atoms with E-state index in [1.807, 2.05) is 0 Å². The minimum atomic E-state index is -4.34. The van der Waals surface area contributed by atoms with E-state index in [0.29, 0.717) is 70.6 Å². The molecule has 712 valence electrons. The van der Waals surface area contributed by atoms with Crippen LogP contribution < -0.4 is 37.2 Å². The number of aliphatic hydroxyl groups is 13. The molecule has 0 aromatic heterocycles. The van der Waals surface area contributed by atoms with E-state index < -0.39 is 235 Å². The van der Waals surface area contributed by atoms with E-state index in [1.165, 1.54) is 6.92 Å². The van der Waals surface area contributed by atoms with Gasteiger partial charge in [0.05, 0.1) is 57.3 Å². The number of Topliss-reactive ketones (excluding diaryl/α,β-unsaturated/α-hetero) is 2. The number of ketones is 2. The summed E-state index contributed by atoms with van der Waals surface area (Å²) in [6, 6.07) is -5.46. The van der Waals surface area contributed by atoms with Crippen molar-refractivity contribution in [3.8, 4) is 0 Å². The van der Waals surface area contributed by atoms with Gasteiger partial charge < -0.3 is 151 Å². The van der Waals surface area contributed by atoms with Crippen molar-refractivity contribution in [1.29, 1.82) is 0 Å². The number of amides is 7. The molecule has 7 amide bonds. The van der Waals surface area contributed by atoms with Crippen molar-refractivity contribution in [2.45, 2.75) is 342 Å². The normalized spacial score (nSPS) is 28.0. The highest BCUT2D eigenvalue weighted by molar-refractivity contribution is 7.47. The van der Waals surface area contributed by atoms with Gasteiger partial charge in [0.15, 0.2) is 30.9 Å². The highest BCUT2D eigenvalue weighted by atomic mass is 31.2. The Balaban J connectivity index is 1.44. The zero-order valence-electron chi connectivity index (χ0n) is 71.3. The van der Waals surface area contributed by atoms with Crippen LogP contribution >= 0.6 is 7.82 Å². The fraction of sp³-hybridized carbons (Fsp3) is 0.873. The first-order valence-electron chi connectivity index (χ1n) is 43.0. The fourth-order valence-corrected chi connectivity index (χ4v) is 14.5. The number of esters is 1. The molecule has 0 aromatic carbocycles. The molecular weight excluding hydrogens is 1650 g/mol. The molecule has 0 bridgehead atoms. The summed E-state index contributed by atoms with van der Waals surface area (Å²) in [5.41, 5.74) is 0. The number of carbonyl (C=O) groups is 10. The second kappa shape index (κ2) is 60.2. The number of aliphatic hydroxyl groups excluding tert-OH is 13. The van der Waals surface area contributed by atoms with Crippen molar-refractivity contribution in [1.82, 2.24) is 37.2 Å². The molecule has 0 radical (unpaired) electrons. The first kappa shape index (κ1) is 110. The molecular formula is C79H140N7O36P. The second-order valence-corrected chi connectivity index (χ2v) is 33.2. The van der Waals surface area contributed by atoms with Crippen LogP contribution in [-0.2, 0) is 104 Å². The van der Waals surface area contributed by atoms with Crippen LogP contribution in [0.2, 0.25) is 0 Å². The molecule has 44 heteroatoms. The lowest BCUT2D eigenvalue weighted by molar-refractivity contribution is -0.301. The van der Waals surface area contributed by atoms with Gasteiger partial charge in [-0.05, 0) is 122 Å². The van der Waals surface area contributed by atoms with Crippen molar-refractivity contribution in [3.63, 3.8) is 0 Å². The predicted molar refractivity (Wildman–Crippen MR) is 429 cm³/mol. The zero-order chi connectivity index (χ0) is 91.1. The molecule has 1 unspecified atom stereocenters. The van der Waals surface area contributed by atoms with Crippen LogP contribution in [0.3, 0.4) is 0 Å². The number of nitrogens with one attached hydrogen (secondary N) is 7. The van der Waals surface area contributed by atoms with Gasteiger partial charge in [-0.25, -0.2) is 4.57 Å². The Bertz CT molecular complexity index is 3160. The van der Waals surface area contributed by atoms with Gasteiger partial charge in [-0.3, -0.25) is 57.0 Å². The van der Waals surface area contributed by atoms with Crippen LogP contribution in [-0.4, -0.2) is 351 Å². The predicted octanol–water partition coefficient (Wildman–Crippen LogP) is -3.49. The van der Waals surface area contributed by atoms with Crippen LogP contribution in [0.15, 0.2) is 0 Å². The van der Waals surface area contributed by atoms with Crippen molar-refractivity contribution >= 4 is 66.7 Å².